The van der Waals surface area contributed by atoms with Gasteiger partial charge in [0.15, 0.2) is 0 Å². The quantitative estimate of drug-likeness (QED) is 0.639. The molecule has 1 rings (SSSR count). The van der Waals surface area contributed by atoms with E-state index in [2.05, 4.69) is 6.92 Å². The van der Waals surface area contributed by atoms with Crippen molar-refractivity contribution in [2.75, 3.05) is 6.61 Å². The van der Waals surface area contributed by atoms with Crippen molar-refractivity contribution in [3.8, 4) is 5.75 Å². The van der Waals surface area contributed by atoms with E-state index in [-0.39, 0.29) is 0 Å². The largest absolute Gasteiger partial charge is 0.489 e. The van der Waals surface area contributed by atoms with Gasteiger partial charge in [-0.1, -0.05) is 30.4 Å². The Labute approximate surface area is 80.0 Å². The van der Waals surface area contributed by atoms with E-state index < -0.39 is 0 Å². The smallest absolute Gasteiger partial charge is 0.122 e. The monoisotopic (exact) mass is 175 g/mol. The van der Waals surface area contributed by atoms with E-state index in [9.17, 15) is 0 Å². The Balaban J connectivity index is 2.64. The van der Waals surface area contributed by atoms with Gasteiger partial charge in [-0.15, -0.1) is 0 Å². The van der Waals surface area contributed by atoms with Crippen LogP contribution < -0.4 is 4.74 Å². The molecule has 0 aromatic heterocycles. The van der Waals surface area contributed by atoms with E-state index >= 15 is 0 Å². The standard InChI is InChI=1S/C12H15O/c1-3-5-10-13-12-9-7-6-8-11(12)4-2/h3,5-9H,2,4,10H2,1H3. The van der Waals surface area contributed by atoms with Gasteiger partial charge in [-0.3, -0.25) is 0 Å². The van der Waals surface area contributed by atoms with E-state index in [1.807, 2.05) is 43.3 Å². The van der Waals surface area contributed by atoms with Crippen LogP contribution in [0.2, 0.25) is 0 Å². The lowest BCUT2D eigenvalue weighted by Crippen LogP contribution is -1.96. The third kappa shape index (κ3) is 2.94. The molecule has 0 heterocycles. The second-order valence-electron chi connectivity index (χ2n) is 2.74. The van der Waals surface area contributed by atoms with Gasteiger partial charge in [-0.25, -0.2) is 0 Å². The van der Waals surface area contributed by atoms with Gasteiger partial charge in [0.25, 0.3) is 0 Å². The first-order valence-electron chi connectivity index (χ1n) is 4.49. The summed E-state index contributed by atoms with van der Waals surface area (Å²) in [4.78, 5) is 0. The highest BCUT2D eigenvalue weighted by Crippen LogP contribution is 2.17. The molecule has 0 unspecified atom stereocenters. The van der Waals surface area contributed by atoms with Gasteiger partial charge < -0.3 is 4.74 Å². The summed E-state index contributed by atoms with van der Waals surface area (Å²) in [5.74, 6) is 0.940. The maximum Gasteiger partial charge on any atom is 0.122 e. The maximum absolute atomic E-state index is 5.54. The Kier molecular flexibility index (Phi) is 4.10. The van der Waals surface area contributed by atoms with Crippen LogP contribution in [0.25, 0.3) is 0 Å². The molecule has 0 amide bonds. The Morgan fingerprint density at radius 2 is 2.15 bits per heavy atom. The number of rotatable bonds is 4. The number of hydrogen-bond donors (Lipinski definition) is 0. The Hall–Kier alpha value is -1.24. The average Bonchev–Trinajstić information content (AvgIpc) is 2.19. The predicted octanol–water partition coefficient (Wildman–Crippen LogP) is 3.02. The molecule has 1 radical (unpaired) electrons. The van der Waals surface area contributed by atoms with Crippen LogP contribution >= 0.6 is 0 Å². The van der Waals surface area contributed by atoms with Gasteiger partial charge in [0.1, 0.15) is 12.4 Å². The van der Waals surface area contributed by atoms with Gasteiger partial charge in [-0.05, 0) is 31.9 Å². The summed E-state index contributed by atoms with van der Waals surface area (Å²) in [6.45, 7) is 6.46. The molecule has 0 spiro atoms. The molecule has 0 saturated heterocycles. The fraction of sp³-hybridized carbons (Fsp3) is 0.250. The summed E-state index contributed by atoms with van der Waals surface area (Å²) < 4.78 is 5.54. The molecular formula is C12H15O. The molecule has 0 saturated carbocycles. The van der Waals surface area contributed by atoms with Gasteiger partial charge in [0.2, 0.25) is 0 Å². The zero-order valence-corrected chi connectivity index (χ0v) is 7.99. The van der Waals surface area contributed by atoms with Gasteiger partial charge >= 0.3 is 0 Å². The highest BCUT2D eigenvalue weighted by molar-refractivity contribution is 5.33. The van der Waals surface area contributed by atoms with E-state index in [0.717, 1.165) is 17.7 Å². The number of para-hydroxylation sites is 1. The topological polar surface area (TPSA) is 9.23 Å². The van der Waals surface area contributed by atoms with Crippen LogP contribution in [0.3, 0.4) is 0 Å². The third-order valence-corrected chi connectivity index (χ3v) is 1.81. The SMILES string of the molecule is [CH2]Cc1ccccc1OCC=CC. The molecule has 1 nitrogen and oxygen atoms in total. The third-order valence-electron chi connectivity index (χ3n) is 1.81. The normalized spacial score (nSPS) is 10.6. The van der Waals surface area contributed by atoms with Crippen molar-refractivity contribution >= 4 is 0 Å². The zero-order chi connectivity index (χ0) is 9.52. The lowest BCUT2D eigenvalue weighted by atomic mass is 10.1. The molecule has 13 heavy (non-hydrogen) atoms. The zero-order valence-electron chi connectivity index (χ0n) is 7.99. The number of benzene rings is 1. The molecular weight excluding hydrogens is 160 g/mol. The maximum atomic E-state index is 5.54. The van der Waals surface area contributed by atoms with Crippen LogP contribution in [0.4, 0.5) is 0 Å². The highest BCUT2D eigenvalue weighted by Gasteiger charge is 1.97. The van der Waals surface area contributed by atoms with Crippen molar-refractivity contribution in [3.05, 3.63) is 48.9 Å². The minimum absolute atomic E-state index is 0.632. The van der Waals surface area contributed by atoms with Crippen molar-refractivity contribution in [3.63, 3.8) is 0 Å². The van der Waals surface area contributed by atoms with Crippen LogP contribution in [0.15, 0.2) is 36.4 Å². The van der Waals surface area contributed by atoms with Gasteiger partial charge in [0.05, 0.1) is 0 Å². The number of allylic oxidation sites excluding steroid dienone is 1. The first kappa shape index (κ1) is 9.85. The molecule has 0 atom stereocenters. The van der Waals surface area contributed by atoms with Crippen molar-refractivity contribution in [1.82, 2.24) is 0 Å². The fourth-order valence-electron chi connectivity index (χ4n) is 1.09. The minimum Gasteiger partial charge on any atom is -0.489 e. The van der Waals surface area contributed by atoms with Crippen molar-refractivity contribution < 1.29 is 4.74 Å². The molecule has 0 bridgehead atoms. The fourth-order valence-corrected chi connectivity index (χ4v) is 1.09. The Morgan fingerprint density at radius 1 is 1.38 bits per heavy atom. The van der Waals surface area contributed by atoms with Crippen LogP contribution in [0.5, 0.6) is 5.75 Å². The summed E-state index contributed by atoms with van der Waals surface area (Å²) in [7, 11) is 0. The summed E-state index contributed by atoms with van der Waals surface area (Å²) in [6, 6.07) is 8.00. The predicted molar refractivity (Wildman–Crippen MR) is 55.8 cm³/mol. The van der Waals surface area contributed by atoms with Crippen LogP contribution in [0, 0.1) is 6.92 Å². The van der Waals surface area contributed by atoms with Crippen molar-refractivity contribution in [2.24, 2.45) is 0 Å². The first-order chi connectivity index (χ1) is 6.38. The van der Waals surface area contributed by atoms with Gasteiger partial charge in [0, 0.05) is 0 Å². The van der Waals surface area contributed by atoms with Crippen LogP contribution in [0.1, 0.15) is 12.5 Å². The highest BCUT2D eigenvalue weighted by atomic mass is 16.5. The Morgan fingerprint density at radius 3 is 2.85 bits per heavy atom. The summed E-state index contributed by atoms with van der Waals surface area (Å²) >= 11 is 0. The summed E-state index contributed by atoms with van der Waals surface area (Å²) in [6.07, 6.45) is 4.73. The van der Waals surface area contributed by atoms with Crippen molar-refractivity contribution in [1.29, 1.82) is 0 Å². The lowest BCUT2D eigenvalue weighted by Gasteiger charge is -2.07. The molecule has 1 aromatic rings. The summed E-state index contributed by atoms with van der Waals surface area (Å²) in [5.41, 5.74) is 1.16. The Bertz CT molecular complexity index is 276. The number of ether oxygens (including phenoxy) is 1. The first-order valence-corrected chi connectivity index (χ1v) is 4.49. The molecule has 69 valence electrons. The van der Waals surface area contributed by atoms with E-state index in [0.29, 0.717) is 6.61 Å². The second-order valence-corrected chi connectivity index (χ2v) is 2.74. The minimum atomic E-state index is 0.632. The lowest BCUT2D eigenvalue weighted by molar-refractivity contribution is 0.359. The number of hydrogen-bond acceptors (Lipinski definition) is 1. The van der Waals surface area contributed by atoms with Crippen molar-refractivity contribution in [2.45, 2.75) is 13.3 Å². The average molecular weight is 175 g/mol. The summed E-state index contributed by atoms with van der Waals surface area (Å²) in [5, 5.41) is 0. The van der Waals surface area contributed by atoms with Crippen LogP contribution in [-0.4, -0.2) is 6.61 Å². The van der Waals surface area contributed by atoms with Gasteiger partial charge in [-0.2, -0.15) is 0 Å². The molecule has 1 aromatic carbocycles. The molecule has 0 aliphatic carbocycles. The molecule has 0 fully saturated rings. The molecule has 0 aliphatic heterocycles. The van der Waals surface area contributed by atoms with Crippen LogP contribution in [-0.2, 0) is 6.42 Å². The van der Waals surface area contributed by atoms with E-state index in [4.69, 9.17) is 4.74 Å². The van der Waals surface area contributed by atoms with E-state index in [1.54, 1.807) is 0 Å². The second kappa shape index (κ2) is 5.41. The molecule has 1 heteroatoms. The molecule has 0 aliphatic rings. The molecule has 0 N–H and O–H groups in total. The van der Waals surface area contributed by atoms with E-state index in [1.165, 1.54) is 0 Å².